The topological polar surface area (TPSA) is 56.3 Å². The summed E-state index contributed by atoms with van der Waals surface area (Å²) in [6, 6.07) is 10.3. The maximum Gasteiger partial charge on any atom is 0.335 e. The van der Waals surface area contributed by atoms with Crippen molar-refractivity contribution < 1.29 is 14.2 Å². The first-order chi connectivity index (χ1) is 14.3. The molecule has 0 spiro atoms. The zero-order valence-electron chi connectivity index (χ0n) is 16.6. The Morgan fingerprint density at radius 3 is 2.83 bits per heavy atom. The van der Waals surface area contributed by atoms with Gasteiger partial charge in [-0.15, -0.1) is 5.10 Å². The lowest BCUT2D eigenvalue weighted by molar-refractivity contribution is -0.962. The van der Waals surface area contributed by atoms with E-state index in [1.54, 1.807) is 20.4 Å². The van der Waals surface area contributed by atoms with Gasteiger partial charge in [0.1, 0.15) is 0 Å². The molecule has 1 aromatic heterocycles. The zero-order chi connectivity index (χ0) is 19.8. The fourth-order valence-electron chi connectivity index (χ4n) is 4.30. The third-order valence-corrected chi connectivity index (χ3v) is 5.66. The molecule has 0 fully saturated rings. The molecule has 1 unspecified atom stereocenters. The molecule has 0 radical (unpaired) electrons. The minimum atomic E-state index is 0.0718. The number of benzene rings is 1. The second-order valence-electron chi connectivity index (χ2n) is 7.25. The maximum absolute atomic E-state index is 6.06. The summed E-state index contributed by atoms with van der Waals surface area (Å²) in [5, 5.41) is 14.1. The quantitative estimate of drug-likeness (QED) is 0.799. The number of nitrogens with one attached hydrogen (secondary N) is 1. The van der Waals surface area contributed by atoms with Crippen LogP contribution < -0.4 is 15.8 Å². The van der Waals surface area contributed by atoms with E-state index in [0.29, 0.717) is 6.54 Å². The van der Waals surface area contributed by atoms with Crippen LogP contribution >= 0.6 is 0 Å². The van der Waals surface area contributed by atoms with E-state index < -0.39 is 0 Å². The average Bonchev–Trinajstić information content (AvgIpc) is 3.14. The van der Waals surface area contributed by atoms with Crippen LogP contribution in [0.1, 0.15) is 18.4 Å². The van der Waals surface area contributed by atoms with Crippen LogP contribution in [0.3, 0.4) is 0 Å². The summed E-state index contributed by atoms with van der Waals surface area (Å²) in [5.74, 6) is 1.49. The number of allylic oxidation sites excluding steroid dienone is 3. The Balaban J connectivity index is 1.72. The van der Waals surface area contributed by atoms with Crippen molar-refractivity contribution in [2.75, 3.05) is 19.5 Å². The summed E-state index contributed by atoms with van der Waals surface area (Å²) in [5.41, 5.74) is 4.64. The van der Waals surface area contributed by atoms with Crippen LogP contribution in [0, 0.1) is 0 Å². The molecule has 5 rings (SSSR count). The van der Waals surface area contributed by atoms with Crippen LogP contribution in [-0.2, 0) is 16.1 Å². The third kappa shape index (κ3) is 2.72. The molecule has 0 amide bonds. The Morgan fingerprint density at radius 2 is 2.03 bits per heavy atom. The van der Waals surface area contributed by atoms with Gasteiger partial charge in [-0.1, -0.05) is 47.1 Å². The summed E-state index contributed by atoms with van der Waals surface area (Å²) >= 11 is 0. The highest BCUT2D eigenvalue weighted by molar-refractivity contribution is 5.74. The van der Waals surface area contributed by atoms with Crippen LogP contribution in [0.5, 0.6) is 0 Å². The van der Waals surface area contributed by atoms with Crippen molar-refractivity contribution in [3.05, 3.63) is 87.8 Å². The van der Waals surface area contributed by atoms with Gasteiger partial charge in [0.25, 0.3) is 0 Å². The van der Waals surface area contributed by atoms with Crippen molar-refractivity contribution in [1.29, 1.82) is 0 Å². The van der Waals surface area contributed by atoms with Gasteiger partial charge in [-0.2, -0.15) is 9.94 Å². The number of hydrogen-bond acceptors (Lipinski definition) is 5. The largest absolute Gasteiger partial charge is 0.452 e. The highest BCUT2D eigenvalue weighted by Gasteiger charge is 2.49. The lowest BCUT2D eigenvalue weighted by atomic mass is 9.91. The molecule has 1 atom stereocenters. The molecule has 0 saturated heterocycles. The molecule has 1 aliphatic carbocycles. The molecule has 3 aliphatic rings. The summed E-state index contributed by atoms with van der Waals surface area (Å²) in [7, 11) is 3.39. The molecule has 6 heteroatoms. The van der Waals surface area contributed by atoms with Gasteiger partial charge >= 0.3 is 5.88 Å². The third-order valence-electron chi connectivity index (χ3n) is 5.66. The first-order valence-electron chi connectivity index (χ1n) is 9.75. The van der Waals surface area contributed by atoms with E-state index >= 15 is 0 Å². The molecular weight excluding hydrogens is 364 g/mol. The molecule has 1 aromatic carbocycles. The SMILES string of the molecule is COC1=CC2=C(C=CCC2)C2=c3c(NCc4ccccc4)nncc3=C[N+]12OC. The number of aromatic nitrogens is 2. The number of anilines is 1. The number of ether oxygens (including phenoxy) is 1. The number of hydrogen-bond donors (Lipinski definition) is 1. The van der Waals surface area contributed by atoms with Crippen LogP contribution in [0.25, 0.3) is 11.9 Å². The van der Waals surface area contributed by atoms with Crippen LogP contribution in [0.4, 0.5) is 5.82 Å². The number of methoxy groups -OCH3 is 1. The smallest absolute Gasteiger partial charge is 0.335 e. The predicted molar refractivity (Wildman–Crippen MR) is 111 cm³/mol. The second kappa shape index (κ2) is 6.99. The number of fused-ring (bicyclic) bond motifs is 3. The number of quaternary nitrogens is 1. The molecular formula is C23H23N4O2+. The second-order valence-corrected chi connectivity index (χ2v) is 7.25. The Bertz CT molecular complexity index is 1180. The van der Waals surface area contributed by atoms with Gasteiger partial charge in [0.05, 0.1) is 30.9 Å². The highest BCUT2D eigenvalue weighted by atomic mass is 16.7. The van der Waals surface area contributed by atoms with E-state index in [9.17, 15) is 0 Å². The number of rotatable bonds is 5. The molecule has 2 aromatic rings. The molecule has 1 N–H and O–H groups in total. The van der Waals surface area contributed by atoms with Gasteiger partial charge in [-0.3, -0.25) is 0 Å². The molecule has 29 heavy (non-hydrogen) atoms. The molecule has 0 saturated carbocycles. The van der Waals surface area contributed by atoms with Crippen LogP contribution in [-0.4, -0.2) is 29.1 Å². The van der Waals surface area contributed by atoms with Gasteiger partial charge in [0, 0.05) is 18.2 Å². The van der Waals surface area contributed by atoms with Gasteiger partial charge in [-0.05, 0) is 24.0 Å². The predicted octanol–water partition coefficient (Wildman–Crippen LogP) is 2.47. The average molecular weight is 387 g/mol. The van der Waals surface area contributed by atoms with E-state index in [2.05, 4.69) is 45.9 Å². The van der Waals surface area contributed by atoms with Crippen molar-refractivity contribution in [2.45, 2.75) is 19.4 Å². The Morgan fingerprint density at radius 1 is 1.17 bits per heavy atom. The van der Waals surface area contributed by atoms with Gasteiger partial charge < -0.3 is 10.1 Å². The monoisotopic (exact) mass is 387 g/mol. The lowest BCUT2D eigenvalue weighted by Gasteiger charge is -2.34. The van der Waals surface area contributed by atoms with Crippen LogP contribution in [0.2, 0.25) is 0 Å². The highest BCUT2D eigenvalue weighted by Crippen LogP contribution is 2.43. The summed E-state index contributed by atoms with van der Waals surface area (Å²) in [6.07, 6.45) is 12.3. The Kier molecular flexibility index (Phi) is 4.30. The van der Waals surface area contributed by atoms with Crippen molar-refractivity contribution in [3.63, 3.8) is 0 Å². The molecule has 2 aliphatic heterocycles. The van der Waals surface area contributed by atoms with Gasteiger partial charge in [-0.25, -0.2) is 0 Å². The minimum Gasteiger partial charge on any atom is -0.452 e. The van der Waals surface area contributed by atoms with Crippen molar-refractivity contribution in [2.24, 2.45) is 0 Å². The zero-order valence-corrected chi connectivity index (χ0v) is 16.6. The molecule has 6 nitrogen and oxygen atoms in total. The normalized spacial score (nSPS) is 21.7. The minimum absolute atomic E-state index is 0.0718. The van der Waals surface area contributed by atoms with E-state index in [-0.39, 0.29) is 4.65 Å². The summed E-state index contributed by atoms with van der Waals surface area (Å²) < 4.78 is 5.86. The van der Waals surface area contributed by atoms with Crippen molar-refractivity contribution in [3.8, 4) is 0 Å². The molecule has 0 bridgehead atoms. The number of hydroxylamine groups is 3. The van der Waals surface area contributed by atoms with Crippen molar-refractivity contribution in [1.82, 2.24) is 10.2 Å². The number of nitrogens with zero attached hydrogens (tertiary/aromatic N) is 3. The Labute approximate surface area is 169 Å². The Hall–Kier alpha value is -3.22. The first kappa shape index (κ1) is 17.8. The van der Waals surface area contributed by atoms with Crippen molar-refractivity contribution >= 4 is 17.7 Å². The maximum atomic E-state index is 6.06. The molecule has 146 valence electrons. The summed E-state index contributed by atoms with van der Waals surface area (Å²) in [4.78, 5) is 6.06. The standard InChI is InChI=1S/C23H23N4O2/c1-28-20-12-17-10-6-7-11-19(17)22-21-18(15-27(20,22)29-2)14-25-26-23(21)24-13-16-8-4-3-5-9-16/h3-5,7-9,11-12,14-15H,6,10,13H2,1-2H3,(H,24,26)/q+1. The van der Waals surface area contributed by atoms with E-state index in [4.69, 9.17) is 9.57 Å². The van der Waals surface area contributed by atoms with E-state index in [0.717, 1.165) is 40.7 Å². The lowest BCUT2D eigenvalue weighted by Crippen LogP contribution is -2.42. The molecule has 3 heterocycles. The first-order valence-corrected chi connectivity index (χ1v) is 9.75. The fraction of sp³-hybridized carbons (Fsp3) is 0.217. The fourth-order valence-corrected chi connectivity index (χ4v) is 4.30. The van der Waals surface area contributed by atoms with Gasteiger partial charge in [0.2, 0.25) is 0 Å². The van der Waals surface area contributed by atoms with E-state index in [1.807, 2.05) is 24.4 Å². The summed E-state index contributed by atoms with van der Waals surface area (Å²) in [6.45, 7) is 0.668. The van der Waals surface area contributed by atoms with Gasteiger partial charge in [0.15, 0.2) is 17.7 Å². The van der Waals surface area contributed by atoms with E-state index in [1.165, 1.54) is 16.7 Å². The van der Waals surface area contributed by atoms with Crippen LogP contribution in [0.15, 0.2) is 71.8 Å².